The van der Waals surface area contributed by atoms with Gasteiger partial charge < -0.3 is 0 Å². The van der Waals surface area contributed by atoms with Crippen LogP contribution in [-0.2, 0) is 17.8 Å². The number of hydrogen-bond acceptors (Lipinski definition) is 4. The maximum atomic E-state index is 13.4. The second-order valence-corrected chi connectivity index (χ2v) is 10.6. The Balaban J connectivity index is 1.60. The zero-order valence-electron chi connectivity index (χ0n) is 18.0. The van der Waals surface area contributed by atoms with Crippen molar-refractivity contribution in [3.8, 4) is 0 Å². The highest BCUT2D eigenvalue weighted by Crippen LogP contribution is 2.31. The molecule has 0 spiro atoms. The molecule has 0 aliphatic carbocycles. The van der Waals surface area contributed by atoms with Crippen molar-refractivity contribution in [3.63, 3.8) is 0 Å². The fraction of sp³-hybridized carbons (Fsp3) is 0.231. The highest BCUT2D eigenvalue weighted by Gasteiger charge is 2.20. The summed E-state index contributed by atoms with van der Waals surface area (Å²) in [6, 6.07) is 24.7. The normalized spacial score (nSPS) is 11.2. The van der Waals surface area contributed by atoms with Crippen LogP contribution in [0.3, 0.4) is 0 Å². The van der Waals surface area contributed by atoms with E-state index in [0.717, 1.165) is 26.5 Å². The Morgan fingerprint density at radius 1 is 1.00 bits per heavy atom. The molecule has 3 aromatic carbocycles. The molecular weight excluding hydrogens is 420 g/mol. The number of rotatable bonds is 7. The van der Waals surface area contributed by atoms with Crippen LogP contribution in [0.25, 0.3) is 10.2 Å². The van der Waals surface area contributed by atoms with Gasteiger partial charge in [-0.2, -0.15) is 0 Å². The zero-order chi connectivity index (χ0) is 21.8. The first-order valence-electron chi connectivity index (χ1n) is 10.4. The Hall–Kier alpha value is -2.63. The molecule has 158 valence electrons. The summed E-state index contributed by atoms with van der Waals surface area (Å²) in [5.41, 5.74) is 4.25. The summed E-state index contributed by atoms with van der Waals surface area (Å²) in [5, 5.41) is 1.29. The maximum Gasteiger partial charge on any atom is 0.233 e. The van der Waals surface area contributed by atoms with Gasteiger partial charge in [0.1, 0.15) is 0 Å². The van der Waals surface area contributed by atoms with Crippen molar-refractivity contribution < 1.29 is 4.79 Å². The van der Waals surface area contributed by atoms with Gasteiger partial charge in [-0.05, 0) is 47.9 Å². The van der Waals surface area contributed by atoms with Gasteiger partial charge in [-0.3, -0.25) is 9.69 Å². The molecule has 0 aliphatic heterocycles. The lowest BCUT2D eigenvalue weighted by Crippen LogP contribution is -2.31. The average Bonchev–Trinajstić information content (AvgIpc) is 3.16. The molecule has 0 N–H and O–H groups in total. The van der Waals surface area contributed by atoms with Crippen molar-refractivity contribution >= 4 is 44.4 Å². The maximum absolute atomic E-state index is 13.4. The molecule has 31 heavy (non-hydrogen) atoms. The number of thiazole rings is 1. The van der Waals surface area contributed by atoms with Crippen LogP contribution >= 0.6 is 23.1 Å². The van der Waals surface area contributed by atoms with Crippen molar-refractivity contribution in [3.05, 3.63) is 89.5 Å². The van der Waals surface area contributed by atoms with Crippen LogP contribution in [-0.4, -0.2) is 16.1 Å². The molecule has 4 rings (SSSR count). The SMILES string of the molecule is Cc1ccc2nc(N(Cc3ccccc3)C(=O)Cc3ccc(SC(C)C)cc3)sc2c1. The molecule has 0 saturated heterocycles. The first kappa shape index (κ1) is 21.6. The van der Waals surface area contributed by atoms with E-state index in [0.29, 0.717) is 18.2 Å². The van der Waals surface area contributed by atoms with Crippen LogP contribution in [0.1, 0.15) is 30.5 Å². The van der Waals surface area contributed by atoms with Crippen molar-refractivity contribution in [1.29, 1.82) is 0 Å². The summed E-state index contributed by atoms with van der Waals surface area (Å²) in [6.45, 7) is 6.96. The number of hydrogen-bond donors (Lipinski definition) is 0. The summed E-state index contributed by atoms with van der Waals surface area (Å²) in [5.74, 6) is 0.0592. The molecule has 0 unspecified atom stereocenters. The minimum Gasteiger partial charge on any atom is -0.283 e. The molecule has 1 amide bonds. The van der Waals surface area contributed by atoms with Crippen molar-refractivity contribution in [2.75, 3.05) is 4.90 Å². The molecule has 0 bridgehead atoms. The lowest BCUT2D eigenvalue weighted by Gasteiger charge is -2.20. The number of anilines is 1. The molecule has 0 atom stereocenters. The average molecular weight is 447 g/mol. The van der Waals surface area contributed by atoms with Gasteiger partial charge in [-0.1, -0.05) is 73.7 Å². The number of benzene rings is 3. The molecule has 0 aliphatic rings. The molecule has 0 saturated carbocycles. The number of amides is 1. The fourth-order valence-corrected chi connectivity index (χ4v) is 5.31. The lowest BCUT2D eigenvalue weighted by atomic mass is 10.1. The summed E-state index contributed by atoms with van der Waals surface area (Å²) >= 11 is 3.41. The third kappa shape index (κ3) is 5.54. The van der Waals surface area contributed by atoms with Gasteiger partial charge >= 0.3 is 0 Å². The van der Waals surface area contributed by atoms with E-state index >= 15 is 0 Å². The Morgan fingerprint density at radius 2 is 1.74 bits per heavy atom. The van der Waals surface area contributed by atoms with Gasteiger partial charge in [0, 0.05) is 10.1 Å². The molecule has 0 fully saturated rings. The van der Waals surface area contributed by atoms with E-state index in [4.69, 9.17) is 4.98 Å². The van der Waals surface area contributed by atoms with Gasteiger partial charge in [0.2, 0.25) is 5.91 Å². The van der Waals surface area contributed by atoms with Crippen LogP contribution in [0.2, 0.25) is 0 Å². The zero-order valence-corrected chi connectivity index (χ0v) is 19.7. The van der Waals surface area contributed by atoms with Crippen LogP contribution in [0.15, 0.2) is 77.7 Å². The summed E-state index contributed by atoms with van der Waals surface area (Å²) in [4.78, 5) is 21.2. The third-order valence-electron chi connectivity index (χ3n) is 4.90. The number of aryl methyl sites for hydroxylation is 1. The van der Waals surface area contributed by atoms with Crippen molar-refractivity contribution in [2.24, 2.45) is 0 Å². The van der Waals surface area contributed by atoms with Gasteiger partial charge in [0.05, 0.1) is 23.2 Å². The second-order valence-electron chi connectivity index (χ2n) is 7.92. The number of thioether (sulfide) groups is 1. The minimum atomic E-state index is 0.0592. The van der Waals surface area contributed by atoms with E-state index in [9.17, 15) is 4.79 Å². The predicted octanol–water partition coefficient (Wildman–Crippen LogP) is 6.88. The summed E-state index contributed by atoms with van der Waals surface area (Å²) in [7, 11) is 0. The van der Waals surface area contributed by atoms with Crippen LogP contribution < -0.4 is 4.90 Å². The Labute approximate surface area is 192 Å². The van der Waals surface area contributed by atoms with E-state index in [1.807, 2.05) is 40.9 Å². The van der Waals surface area contributed by atoms with Gasteiger partial charge in [0.15, 0.2) is 5.13 Å². The largest absolute Gasteiger partial charge is 0.283 e. The van der Waals surface area contributed by atoms with E-state index in [2.05, 4.69) is 69.3 Å². The smallest absolute Gasteiger partial charge is 0.233 e. The second kappa shape index (κ2) is 9.67. The van der Waals surface area contributed by atoms with Gasteiger partial charge in [0.25, 0.3) is 0 Å². The van der Waals surface area contributed by atoms with Crippen molar-refractivity contribution in [2.45, 2.75) is 43.9 Å². The van der Waals surface area contributed by atoms with E-state index in [1.54, 1.807) is 11.3 Å². The van der Waals surface area contributed by atoms with Crippen LogP contribution in [0, 0.1) is 6.92 Å². The van der Waals surface area contributed by atoms with Crippen LogP contribution in [0.4, 0.5) is 5.13 Å². The molecule has 3 nitrogen and oxygen atoms in total. The molecule has 5 heteroatoms. The summed E-state index contributed by atoms with van der Waals surface area (Å²) in [6.07, 6.45) is 0.356. The monoisotopic (exact) mass is 446 g/mol. The Kier molecular flexibility index (Phi) is 6.73. The number of fused-ring (bicyclic) bond motifs is 1. The first-order valence-corrected chi connectivity index (χ1v) is 12.1. The number of nitrogens with zero attached hydrogens (tertiary/aromatic N) is 2. The molecule has 1 aromatic heterocycles. The number of carbonyl (C=O) groups is 1. The Morgan fingerprint density at radius 3 is 2.45 bits per heavy atom. The molecular formula is C26H26N2OS2. The van der Waals surface area contributed by atoms with E-state index < -0.39 is 0 Å². The molecule has 4 aromatic rings. The summed E-state index contributed by atoms with van der Waals surface area (Å²) < 4.78 is 1.11. The minimum absolute atomic E-state index is 0.0592. The molecule has 1 heterocycles. The number of carbonyl (C=O) groups excluding carboxylic acids is 1. The Bertz CT molecular complexity index is 1170. The predicted molar refractivity (Wildman–Crippen MR) is 133 cm³/mol. The standard InChI is InChI=1S/C26H26N2OS2/c1-18(2)30-22-12-10-20(11-13-22)16-25(29)28(17-21-7-5-4-6-8-21)26-27-23-14-9-19(3)15-24(23)31-26/h4-15,18H,16-17H2,1-3H3. The highest BCUT2D eigenvalue weighted by molar-refractivity contribution is 7.99. The van der Waals surface area contributed by atoms with E-state index in [1.165, 1.54) is 10.5 Å². The first-order chi connectivity index (χ1) is 15.0. The quantitative estimate of drug-likeness (QED) is 0.290. The highest BCUT2D eigenvalue weighted by atomic mass is 32.2. The van der Waals surface area contributed by atoms with E-state index in [-0.39, 0.29) is 5.91 Å². The topological polar surface area (TPSA) is 33.2 Å². The molecule has 0 radical (unpaired) electrons. The third-order valence-corrected chi connectivity index (χ3v) is 6.96. The lowest BCUT2D eigenvalue weighted by molar-refractivity contribution is -0.118. The number of aromatic nitrogens is 1. The fourth-order valence-electron chi connectivity index (χ4n) is 3.39. The van der Waals surface area contributed by atoms with Crippen molar-refractivity contribution in [1.82, 2.24) is 4.98 Å². The van der Waals surface area contributed by atoms with Crippen LogP contribution in [0.5, 0.6) is 0 Å². The van der Waals surface area contributed by atoms with Gasteiger partial charge in [-0.25, -0.2) is 4.98 Å². The van der Waals surface area contributed by atoms with Gasteiger partial charge in [-0.15, -0.1) is 11.8 Å².